The van der Waals surface area contributed by atoms with Gasteiger partial charge < -0.3 is 15.6 Å². The summed E-state index contributed by atoms with van der Waals surface area (Å²) in [4.78, 5) is 22.4. The summed E-state index contributed by atoms with van der Waals surface area (Å²) in [7, 11) is 0. The van der Waals surface area contributed by atoms with Crippen LogP contribution in [0, 0.1) is 0 Å². The first kappa shape index (κ1) is 15.2. The molecule has 0 aliphatic carbocycles. The zero-order chi connectivity index (χ0) is 14.6. The molecule has 3 N–H and O–H groups in total. The van der Waals surface area contributed by atoms with E-state index in [0.717, 1.165) is 5.56 Å². The zero-order valence-corrected chi connectivity index (χ0v) is 11.3. The first-order valence-electron chi connectivity index (χ1n) is 6.00. The summed E-state index contributed by atoms with van der Waals surface area (Å²) in [5.74, 6) is -1.45. The topological polar surface area (TPSA) is 89.6 Å². The summed E-state index contributed by atoms with van der Waals surface area (Å²) in [6.45, 7) is 5.39. The molecule has 104 valence electrons. The summed E-state index contributed by atoms with van der Waals surface area (Å²) < 4.78 is 5.23. The van der Waals surface area contributed by atoms with Crippen LogP contribution in [-0.4, -0.2) is 28.7 Å². The Morgan fingerprint density at radius 2 is 1.79 bits per heavy atom. The number of rotatable bonds is 4. The van der Waals surface area contributed by atoms with E-state index in [1.807, 2.05) is 0 Å². The molecule has 5 nitrogen and oxygen atoms in total. The number of hydrogen-bond donors (Lipinski definition) is 2. The number of carbonyl (C=O) groups excluding carboxylic acids is 1. The van der Waals surface area contributed by atoms with Crippen LogP contribution in [0.25, 0.3) is 0 Å². The second-order valence-electron chi connectivity index (χ2n) is 5.35. The molecule has 0 spiro atoms. The fourth-order valence-electron chi connectivity index (χ4n) is 1.46. The number of carboxylic acid groups (broad SMARTS) is 1. The average Bonchev–Trinajstić information content (AvgIpc) is 2.27. The predicted octanol–water partition coefficient (Wildman–Crippen LogP) is 1.60. The Morgan fingerprint density at radius 1 is 1.26 bits per heavy atom. The van der Waals surface area contributed by atoms with Crippen LogP contribution in [0.15, 0.2) is 24.3 Å². The molecular weight excluding hydrogens is 246 g/mol. The van der Waals surface area contributed by atoms with Gasteiger partial charge in [-0.1, -0.05) is 12.1 Å². The van der Waals surface area contributed by atoms with Gasteiger partial charge in [-0.25, -0.2) is 4.79 Å². The fraction of sp³-hybridized carbons (Fsp3) is 0.429. The van der Waals surface area contributed by atoms with Gasteiger partial charge >= 0.3 is 11.9 Å². The Labute approximate surface area is 112 Å². The van der Waals surface area contributed by atoms with Gasteiger partial charge in [0.05, 0.1) is 5.56 Å². The van der Waals surface area contributed by atoms with Gasteiger partial charge in [0.1, 0.15) is 11.6 Å². The van der Waals surface area contributed by atoms with Crippen LogP contribution in [0.3, 0.4) is 0 Å². The van der Waals surface area contributed by atoms with Crippen molar-refractivity contribution in [2.45, 2.75) is 38.8 Å². The molecular formula is C14H19NO4. The molecule has 0 aliphatic heterocycles. The van der Waals surface area contributed by atoms with Crippen molar-refractivity contribution in [1.29, 1.82) is 0 Å². The Morgan fingerprint density at radius 3 is 2.21 bits per heavy atom. The second-order valence-corrected chi connectivity index (χ2v) is 5.35. The molecule has 0 fully saturated rings. The van der Waals surface area contributed by atoms with Crippen molar-refractivity contribution in [3.05, 3.63) is 35.4 Å². The van der Waals surface area contributed by atoms with Gasteiger partial charge in [0.2, 0.25) is 0 Å². The van der Waals surface area contributed by atoms with E-state index in [-0.39, 0.29) is 6.42 Å². The molecule has 5 heteroatoms. The molecule has 1 aromatic rings. The monoisotopic (exact) mass is 265 g/mol. The maximum atomic E-state index is 11.8. The van der Waals surface area contributed by atoms with Crippen molar-refractivity contribution in [3.8, 4) is 0 Å². The molecule has 0 radical (unpaired) electrons. The van der Waals surface area contributed by atoms with E-state index in [1.54, 1.807) is 45.0 Å². The molecule has 0 aliphatic rings. The Kier molecular flexibility index (Phi) is 4.67. The summed E-state index contributed by atoms with van der Waals surface area (Å²) in [5.41, 5.74) is 6.10. The molecule has 0 amide bonds. The Hall–Kier alpha value is -1.88. The molecule has 0 bridgehead atoms. The minimum atomic E-state index is -1.05. The molecule has 0 heterocycles. The summed E-state index contributed by atoms with van der Waals surface area (Å²) in [6, 6.07) is 5.65. The van der Waals surface area contributed by atoms with Crippen LogP contribution in [0.5, 0.6) is 0 Å². The first-order chi connectivity index (χ1) is 8.69. The molecule has 0 saturated carbocycles. The summed E-state index contributed by atoms with van der Waals surface area (Å²) in [5, 5.41) is 8.71. The third kappa shape index (κ3) is 5.09. The van der Waals surface area contributed by atoms with E-state index in [4.69, 9.17) is 15.6 Å². The van der Waals surface area contributed by atoms with Crippen LogP contribution in [-0.2, 0) is 16.0 Å². The van der Waals surface area contributed by atoms with Gasteiger partial charge in [-0.3, -0.25) is 4.79 Å². The molecule has 1 atom stereocenters. The lowest BCUT2D eigenvalue weighted by atomic mass is 10.0. The van der Waals surface area contributed by atoms with Gasteiger partial charge in [0, 0.05) is 0 Å². The summed E-state index contributed by atoms with van der Waals surface area (Å²) in [6.07, 6.45) is 0.226. The number of benzene rings is 1. The predicted molar refractivity (Wildman–Crippen MR) is 70.9 cm³/mol. The van der Waals surface area contributed by atoms with Crippen LogP contribution < -0.4 is 5.73 Å². The molecule has 19 heavy (non-hydrogen) atoms. The normalized spacial score (nSPS) is 12.8. The highest BCUT2D eigenvalue weighted by molar-refractivity contribution is 5.89. The zero-order valence-electron chi connectivity index (χ0n) is 11.3. The van der Waals surface area contributed by atoms with E-state index in [9.17, 15) is 9.59 Å². The largest absolute Gasteiger partial charge is 0.480 e. The standard InChI is InChI=1S/C14H19NO4/c1-14(2,3)19-13(18)10-6-4-9(5-7-10)8-11(15)12(16)17/h4-7,11H,8,15H2,1-3H3,(H,16,17). The number of esters is 1. The number of ether oxygens (including phenoxy) is 1. The van der Waals surface area contributed by atoms with Gasteiger partial charge in [-0.15, -0.1) is 0 Å². The highest BCUT2D eigenvalue weighted by Crippen LogP contribution is 2.13. The maximum Gasteiger partial charge on any atom is 0.338 e. The third-order valence-electron chi connectivity index (χ3n) is 2.36. The van der Waals surface area contributed by atoms with Gasteiger partial charge in [-0.05, 0) is 44.9 Å². The molecule has 0 saturated heterocycles. The molecule has 1 rings (SSSR count). The third-order valence-corrected chi connectivity index (χ3v) is 2.36. The van der Waals surface area contributed by atoms with Crippen molar-refractivity contribution in [2.75, 3.05) is 0 Å². The quantitative estimate of drug-likeness (QED) is 0.807. The van der Waals surface area contributed by atoms with Crippen LogP contribution >= 0.6 is 0 Å². The van der Waals surface area contributed by atoms with E-state index in [1.165, 1.54) is 0 Å². The number of carboxylic acids is 1. The fourth-order valence-corrected chi connectivity index (χ4v) is 1.46. The van der Waals surface area contributed by atoms with E-state index < -0.39 is 23.6 Å². The lowest BCUT2D eigenvalue weighted by molar-refractivity contribution is -0.138. The van der Waals surface area contributed by atoms with E-state index in [2.05, 4.69) is 0 Å². The Balaban J connectivity index is 2.71. The van der Waals surface area contributed by atoms with Crippen molar-refractivity contribution < 1.29 is 19.4 Å². The van der Waals surface area contributed by atoms with Crippen molar-refractivity contribution in [3.63, 3.8) is 0 Å². The van der Waals surface area contributed by atoms with E-state index in [0.29, 0.717) is 5.56 Å². The molecule has 1 unspecified atom stereocenters. The second kappa shape index (κ2) is 5.84. The molecule has 0 aromatic heterocycles. The number of aliphatic carboxylic acids is 1. The van der Waals surface area contributed by atoms with Crippen molar-refractivity contribution in [2.24, 2.45) is 5.73 Å². The summed E-state index contributed by atoms with van der Waals surface area (Å²) >= 11 is 0. The highest BCUT2D eigenvalue weighted by atomic mass is 16.6. The minimum absolute atomic E-state index is 0.226. The van der Waals surface area contributed by atoms with E-state index >= 15 is 0 Å². The first-order valence-corrected chi connectivity index (χ1v) is 6.00. The number of carbonyl (C=O) groups is 2. The maximum absolute atomic E-state index is 11.8. The van der Waals surface area contributed by atoms with Gasteiger partial charge in [-0.2, -0.15) is 0 Å². The number of hydrogen-bond acceptors (Lipinski definition) is 4. The lowest BCUT2D eigenvalue weighted by Gasteiger charge is -2.19. The van der Waals surface area contributed by atoms with Crippen LogP contribution in [0.1, 0.15) is 36.7 Å². The van der Waals surface area contributed by atoms with Gasteiger partial charge in [0.25, 0.3) is 0 Å². The lowest BCUT2D eigenvalue weighted by Crippen LogP contribution is -2.32. The van der Waals surface area contributed by atoms with Gasteiger partial charge in [0.15, 0.2) is 0 Å². The van der Waals surface area contributed by atoms with Crippen LogP contribution in [0.2, 0.25) is 0 Å². The SMILES string of the molecule is CC(C)(C)OC(=O)c1ccc(CC(N)C(=O)O)cc1. The highest BCUT2D eigenvalue weighted by Gasteiger charge is 2.18. The van der Waals surface area contributed by atoms with Crippen LogP contribution in [0.4, 0.5) is 0 Å². The molecule has 1 aromatic carbocycles. The Bertz CT molecular complexity index is 459. The van der Waals surface area contributed by atoms with Crippen molar-refractivity contribution in [1.82, 2.24) is 0 Å². The number of nitrogens with two attached hydrogens (primary N) is 1. The average molecular weight is 265 g/mol. The minimum Gasteiger partial charge on any atom is -0.480 e. The smallest absolute Gasteiger partial charge is 0.338 e. The van der Waals surface area contributed by atoms with Crippen molar-refractivity contribution >= 4 is 11.9 Å².